The number of fused-ring (bicyclic) bond motifs is 10. The molecule has 0 heterocycles. The van der Waals surface area contributed by atoms with Crippen molar-refractivity contribution in [2.45, 2.75) is 71.9 Å². The van der Waals surface area contributed by atoms with E-state index in [1.54, 1.807) is 11.1 Å². The first-order valence-electron chi connectivity index (χ1n) is 31.8. The number of halogens is 2. The first-order valence-corrected chi connectivity index (χ1v) is 45.5. The molecule has 2 aliphatic carbocycles. The van der Waals surface area contributed by atoms with Crippen LogP contribution in [0.15, 0.2) is 254 Å². The van der Waals surface area contributed by atoms with Crippen LogP contribution in [0.3, 0.4) is 0 Å². The summed E-state index contributed by atoms with van der Waals surface area (Å²) in [7, 11) is 0. The monoisotopic (exact) mass is 1300 g/mol. The van der Waals surface area contributed by atoms with Gasteiger partial charge in [0.1, 0.15) is 0 Å². The molecule has 0 radical (unpaired) electrons. The second kappa shape index (κ2) is 21.5. The van der Waals surface area contributed by atoms with Gasteiger partial charge in [-0.25, -0.2) is 0 Å². The maximum Gasteiger partial charge on any atom is -0.147 e. The van der Waals surface area contributed by atoms with Gasteiger partial charge >= 0.3 is 525 Å². The fourth-order valence-electron chi connectivity index (χ4n) is 17.8. The molecule has 14 aromatic rings. The first-order chi connectivity index (χ1) is 42.4. The Morgan fingerprint density at radius 3 is 0.678 bits per heavy atom. The van der Waals surface area contributed by atoms with E-state index in [2.05, 4.69) is 314 Å². The Kier molecular flexibility index (Phi) is 14.3. The number of hydrogen-bond donors (Lipinski definition) is 0. The summed E-state index contributed by atoms with van der Waals surface area (Å²) in [5, 5.41) is 20.6. The molecular formula is C86H76Cl2SiZr. The predicted octanol–water partition coefficient (Wildman–Crippen LogP) is 25.2. The topological polar surface area (TPSA) is 0 Å². The molecule has 2 atom stereocenters. The van der Waals surface area contributed by atoms with Crippen molar-refractivity contribution in [2.75, 3.05) is 0 Å². The zero-order chi connectivity index (χ0) is 60.4. The zero-order valence-corrected chi connectivity index (χ0v) is 58.8. The smallest absolute Gasteiger partial charge is 0.147 e. The molecule has 4 heteroatoms. The van der Waals surface area contributed by atoms with E-state index in [0.29, 0.717) is 0 Å². The summed E-state index contributed by atoms with van der Waals surface area (Å²) in [6, 6.07) is 93.5. The summed E-state index contributed by atoms with van der Waals surface area (Å²) in [6.45, 7) is 22.9. The van der Waals surface area contributed by atoms with E-state index in [-0.39, 0.29) is 42.9 Å². The fraction of sp³-hybridized carbons (Fsp3) is 0.163. The Bertz CT molecular complexity index is 4990. The minimum absolute atomic E-state index is 0. The van der Waals surface area contributed by atoms with Gasteiger partial charge in [0.25, 0.3) is 0 Å². The minimum Gasteiger partial charge on any atom is -0.147 e. The molecule has 0 aliphatic heterocycles. The maximum absolute atomic E-state index is 4.97. The molecule has 0 amide bonds. The first kappa shape index (κ1) is 59.9. The molecule has 0 fully saturated rings. The quantitative estimate of drug-likeness (QED) is 0.115. The van der Waals surface area contributed by atoms with Crippen molar-refractivity contribution in [3.63, 3.8) is 0 Å². The fourth-order valence-corrected chi connectivity index (χ4v) is 37.4. The van der Waals surface area contributed by atoms with Crippen LogP contribution in [0, 0.1) is 10.8 Å². The Balaban J connectivity index is 0.00000354. The molecule has 442 valence electrons. The third-order valence-electron chi connectivity index (χ3n) is 20.9. The van der Waals surface area contributed by atoms with Gasteiger partial charge in [-0.1, -0.05) is 0 Å². The average Bonchev–Trinajstić information content (AvgIpc) is 1.46. The molecule has 16 rings (SSSR count). The van der Waals surface area contributed by atoms with Crippen LogP contribution in [0.1, 0.15) is 84.9 Å². The predicted molar refractivity (Wildman–Crippen MR) is 399 cm³/mol. The van der Waals surface area contributed by atoms with Gasteiger partial charge in [0, 0.05) is 0 Å². The molecule has 0 saturated carbocycles. The van der Waals surface area contributed by atoms with Crippen molar-refractivity contribution in [1.29, 1.82) is 0 Å². The summed E-state index contributed by atoms with van der Waals surface area (Å²) < 4.78 is 6.13. The van der Waals surface area contributed by atoms with Crippen molar-refractivity contribution in [3.8, 4) is 44.5 Å². The van der Waals surface area contributed by atoms with E-state index in [1.807, 2.05) is 0 Å². The van der Waals surface area contributed by atoms with Gasteiger partial charge in [-0.05, 0) is 0 Å². The average molecular weight is 1300 g/mol. The molecular weight excluding hydrogens is 1220 g/mol. The van der Waals surface area contributed by atoms with E-state index in [1.165, 1.54) is 164 Å². The van der Waals surface area contributed by atoms with Crippen molar-refractivity contribution in [1.82, 2.24) is 0 Å². The van der Waals surface area contributed by atoms with Gasteiger partial charge in [-0.3, -0.25) is 0 Å². The second-order valence-electron chi connectivity index (χ2n) is 29.1. The summed E-state index contributed by atoms with van der Waals surface area (Å²) >= 11 is -4.97. The van der Waals surface area contributed by atoms with Crippen LogP contribution in [-0.2, 0) is 17.4 Å². The molecule has 0 nitrogen and oxygen atoms in total. The third kappa shape index (κ3) is 8.90. The summed E-state index contributed by atoms with van der Waals surface area (Å²) in [6.07, 6.45) is 0. The molecule has 0 saturated heterocycles. The number of hydrogen-bond acceptors (Lipinski definition) is 0. The van der Waals surface area contributed by atoms with Crippen LogP contribution in [0.4, 0.5) is 0 Å². The summed E-state index contributed by atoms with van der Waals surface area (Å²) in [5.41, 5.74) is 22.5. The largest absolute Gasteiger partial charge is 0.147 e. The number of rotatable bonds is 6. The van der Waals surface area contributed by atoms with Gasteiger partial charge in [0.05, 0.1) is 0 Å². The molecule has 0 bridgehead atoms. The molecule has 0 N–H and O–H groups in total. The van der Waals surface area contributed by atoms with Crippen LogP contribution in [0.5, 0.6) is 0 Å². The molecule has 14 aromatic carbocycles. The van der Waals surface area contributed by atoms with Gasteiger partial charge < -0.3 is 0 Å². The van der Waals surface area contributed by atoms with Crippen LogP contribution in [0.25, 0.3) is 142 Å². The van der Waals surface area contributed by atoms with Crippen molar-refractivity contribution in [3.05, 3.63) is 276 Å². The van der Waals surface area contributed by atoms with Gasteiger partial charge in [0.15, 0.2) is 0 Å². The van der Waals surface area contributed by atoms with Crippen molar-refractivity contribution >= 4 is 129 Å². The zero-order valence-electron chi connectivity index (χ0n) is 53.3. The third-order valence-corrected chi connectivity index (χ3v) is 37.9. The second-order valence-corrected chi connectivity index (χ2v) is 59.5. The van der Waals surface area contributed by atoms with E-state index >= 15 is 0 Å². The van der Waals surface area contributed by atoms with E-state index in [4.69, 9.17) is 0 Å². The van der Waals surface area contributed by atoms with E-state index in [9.17, 15) is 0 Å². The number of allylic oxidation sites excluding steroid dienone is 4. The Hall–Kier alpha value is -7.68. The van der Waals surface area contributed by atoms with Crippen LogP contribution in [0.2, 0.25) is 9.26 Å². The standard InChI is InChI=1S/2C42H33.2CH3.2ClH.H2Si.Zr/c2*1-26-38(42(2,3)4)25-37-35(40-31-17-9-5-13-27(31)23-28-14-6-10-18-32(28)40)21-22-36(39(26)37)41-33-19-11-7-15-29(33)24-30-16-8-12-20-34(30)41;;;;;;/h2*5-25H,1-4H3;2*1H3;2*1H;1H2;. The Morgan fingerprint density at radius 2 is 0.467 bits per heavy atom. The van der Waals surface area contributed by atoms with E-state index in [0.717, 1.165) is 0 Å². The van der Waals surface area contributed by atoms with Crippen LogP contribution < -0.4 is 0 Å². The molecule has 0 spiro atoms. The van der Waals surface area contributed by atoms with Crippen molar-refractivity contribution in [2.24, 2.45) is 10.8 Å². The number of benzene rings is 14. The molecule has 0 aromatic heterocycles. The SMILES string of the molecule is CC1=C(C(C)(C)C)[CH]([Zr]([CH3])([CH3])(=[SiH2])[CH]2C(C(C)(C)C)=C(C)c3c(-c4c5ccccc5cc5ccccc45)ccc(-c4c5ccccc5cc5ccccc45)c32)c2c(-c3c4ccccc4cc4ccccc34)ccc(-c3c4ccccc4cc4ccccc34)c21.Cl.Cl. The Labute approximate surface area is 545 Å². The normalized spacial score (nSPS) is 15.4. The minimum atomic E-state index is -4.97. The van der Waals surface area contributed by atoms with Crippen molar-refractivity contribution < 1.29 is 17.4 Å². The molecule has 2 aliphatic rings. The maximum atomic E-state index is 2.94. The van der Waals surface area contributed by atoms with Crippen LogP contribution >= 0.6 is 24.8 Å². The molecule has 2 unspecified atom stereocenters. The molecule has 90 heavy (non-hydrogen) atoms. The van der Waals surface area contributed by atoms with Crippen LogP contribution in [-0.4, -0.2) is 6.88 Å². The van der Waals surface area contributed by atoms with Gasteiger partial charge in [0.2, 0.25) is 0 Å². The summed E-state index contributed by atoms with van der Waals surface area (Å²) in [5.74, 6) is 0. The van der Waals surface area contributed by atoms with E-state index < -0.39 is 17.4 Å². The van der Waals surface area contributed by atoms with Gasteiger partial charge in [-0.15, -0.1) is 24.8 Å². The Morgan fingerprint density at radius 1 is 0.278 bits per heavy atom. The van der Waals surface area contributed by atoms with Gasteiger partial charge in [-0.2, -0.15) is 0 Å². The summed E-state index contributed by atoms with van der Waals surface area (Å²) in [4.78, 5) is 0.